The molecule has 0 atom stereocenters. The highest BCUT2D eigenvalue weighted by molar-refractivity contribution is 8.00. The van der Waals surface area contributed by atoms with Gasteiger partial charge in [0.15, 0.2) is 0 Å². The Balaban J connectivity index is 1.85. The second-order valence-electron chi connectivity index (χ2n) is 5.29. The van der Waals surface area contributed by atoms with Gasteiger partial charge in [-0.15, -0.1) is 11.8 Å². The summed E-state index contributed by atoms with van der Waals surface area (Å²) in [5, 5.41) is 5.10. The average molecular weight is 368 g/mol. The number of anilines is 2. The summed E-state index contributed by atoms with van der Waals surface area (Å²) in [6, 6.07) is 14.2. The Labute approximate surface area is 154 Å². The van der Waals surface area contributed by atoms with Crippen LogP contribution in [-0.4, -0.2) is 34.4 Å². The van der Waals surface area contributed by atoms with Gasteiger partial charge in [-0.1, -0.05) is 17.7 Å². The van der Waals surface area contributed by atoms with Crippen LogP contribution in [0.4, 0.5) is 11.4 Å². The second-order valence-corrected chi connectivity index (χ2v) is 6.34. The molecule has 26 heavy (non-hydrogen) atoms. The highest BCUT2D eigenvalue weighted by atomic mass is 32.2. The Morgan fingerprint density at radius 2 is 1.58 bits per heavy atom. The van der Waals surface area contributed by atoms with E-state index >= 15 is 0 Å². The summed E-state index contributed by atoms with van der Waals surface area (Å²) in [7, 11) is 0. The molecular formula is C18H16N4O3S. The van der Waals surface area contributed by atoms with Gasteiger partial charge in [-0.3, -0.25) is 14.4 Å². The van der Waals surface area contributed by atoms with Crippen LogP contribution in [-0.2, 0) is 14.4 Å². The Bertz CT molecular complexity index is 857. The van der Waals surface area contributed by atoms with Crippen molar-refractivity contribution in [1.29, 1.82) is 0 Å². The lowest BCUT2D eigenvalue weighted by atomic mass is 10.2. The zero-order chi connectivity index (χ0) is 18.9. The Hall–Kier alpha value is -3.22. The van der Waals surface area contributed by atoms with Crippen LogP contribution in [0, 0.1) is 6.92 Å². The average Bonchev–Trinajstić information content (AvgIpc) is 2.63. The molecule has 0 spiro atoms. The van der Waals surface area contributed by atoms with Gasteiger partial charge >= 0.3 is 17.9 Å². The minimum atomic E-state index is -0.974. The predicted molar refractivity (Wildman–Crippen MR) is 100 cm³/mol. The molecule has 2 N–H and O–H groups in total. The van der Waals surface area contributed by atoms with Gasteiger partial charge in [-0.25, -0.2) is 0 Å². The van der Waals surface area contributed by atoms with Crippen LogP contribution in [0.15, 0.2) is 53.4 Å². The van der Waals surface area contributed by atoms with Gasteiger partial charge in [0, 0.05) is 16.3 Å². The summed E-state index contributed by atoms with van der Waals surface area (Å²) in [6.45, 7) is 2.00. The van der Waals surface area contributed by atoms with Crippen LogP contribution in [0.25, 0.3) is 5.53 Å². The first-order chi connectivity index (χ1) is 12.5. The minimum Gasteiger partial charge on any atom is -0.361 e. The SMILES string of the molecule is Cc1ccc(SCC(=O)Nc2ccc(NC(=O)C(=O)C=[N+]=[N-])cc2)cc1. The Kier molecular flexibility index (Phi) is 6.84. The van der Waals surface area contributed by atoms with Crippen LogP contribution in [0.2, 0.25) is 0 Å². The van der Waals surface area contributed by atoms with Crippen molar-refractivity contribution in [2.75, 3.05) is 16.4 Å². The van der Waals surface area contributed by atoms with Gasteiger partial charge in [0.1, 0.15) is 0 Å². The lowest BCUT2D eigenvalue weighted by molar-refractivity contribution is -0.132. The number of ketones is 1. The van der Waals surface area contributed by atoms with E-state index in [9.17, 15) is 14.4 Å². The number of thioether (sulfide) groups is 1. The zero-order valence-corrected chi connectivity index (χ0v) is 14.7. The quantitative estimate of drug-likeness (QED) is 0.257. The Morgan fingerprint density at radius 3 is 2.15 bits per heavy atom. The van der Waals surface area contributed by atoms with Crippen LogP contribution < -0.4 is 10.6 Å². The molecule has 0 heterocycles. The molecule has 0 aromatic heterocycles. The van der Waals surface area contributed by atoms with E-state index in [1.54, 1.807) is 24.3 Å². The number of hydrogen-bond acceptors (Lipinski definition) is 4. The van der Waals surface area contributed by atoms with Gasteiger partial charge < -0.3 is 16.2 Å². The molecule has 2 aromatic carbocycles. The van der Waals surface area contributed by atoms with Gasteiger partial charge in [0.05, 0.1) is 5.75 Å². The molecule has 7 nitrogen and oxygen atoms in total. The molecule has 2 aromatic rings. The van der Waals surface area contributed by atoms with Crippen LogP contribution in [0.5, 0.6) is 0 Å². The third kappa shape index (κ3) is 6.01. The summed E-state index contributed by atoms with van der Waals surface area (Å²) in [4.78, 5) is 38.2. The largest absolute Gasteiger partial charge is 0.361 e. The second kappa shape index (κ2) is 9.31. The summed E-state index contributed by atoms with van der Waals surface area (Å²) >= 11 is 1.44. The zero-order valence-electron chi connectivity index (χ0n) is 13.9. The first-order valence-corrected chi connectivity index (χ1v) is 8.58. The van der Waals surface area contributed by atoms with Crippen molar-refractivity contribution < 1.29 is 19.2 Å². The molecule has 0 aliphatic heterocycles. The maximum Gasteiger partial charge on any atom is 0.333 e. The number of nitrogens with zero attached hydrogens (tertiary/aromatic N) is 2. The molecular weight excluding hydrogens is 352 g/mol. The van der Waals surface area contributed by atoms with E-state index in [0.29, 0.717) is 17.6 Å². The summed E-state index contributed by atoms with van der Waals surface area (Å²) < 4.78 is 0. The summed E-state index contributed by atoms with van der Waals surface area (Å²) in [5.41, 5.74) is 10.3. The molecule has 0 saturated heterocycles. The van der Waals surface area contributed by atoms with Crippen molar-refractivity contribution in [1.82, 2.24) is 0 Å². The number of rotatable bonds is 7. The molecule has 0 aliphatic carbocycles. The molecule has 2 amide bonds. The molecule has 8 heteroatoms. The molecule has 0 fully saturated rings. The number of hydrogen-bond donors (Lipinski definition) is 2. The number of benzene rings is 2. The normalized spacial score (nSPS) is 9.73. The number of Topliss-reactive ketones (excluding diaryl/α,β-unsaturated/α-hetero) is 1. The van der Waals surface area contributed by atoms with Crippen molar-refractivity contribution in [3.8, 4) is 0 Å². The van der Waals surface area contributed by atoms with Gasteiger partial charge in [0.2, 0.25) is 5.91 Å². The van der Waals surface area contributed by atoms with Crippen LogP contribution in [0.1, 0.15) is 5.56 Å². The number of carbonyl (C=O) groups is 3. The van der Waals surface area contributed by atoms with E-state index in [4.69, 9.17) is 5.53 Å². The fourth-order valence-corrected chi connectivity index (χ4v) is 2.62. The molecule has 0 aliphatic rings. The molecule has 0 unspecified atom stereocenters. The Morgan fingerprint density at radius 1 is 1.00 bits per heavy atom. The third-order valence-corrected chi connectivity index (χ3v) is 4.23. The van der Waals surface area contributed by atoms with Crippen LogP contribution in [0.3, 0.4) is 0 Å². The maximum absolute atomic E-state index is 12.0. The van der Waals surface area contributed by atoms with Crippen molar-refractivity contribution in [2.45, 2.75) is 11.8 Å². The van der Waals surface area contributed by atoms with E-state index in [2.05, 4.69) is 15.4 Å². The van der Waals surface area contributed by atoms with Gasteiger partial charge in [-0.2, -0.15) is 4.79 Å². The number of aryl methyl sites for hydroxylation is 1. The minimum absolute atomic E-state index is 0.151. The van der Waals surface area contributed by atoms with Crippen molar-refractivity contribution in [3.05, 3.63) is 59.6 Å². The molecule has 0 bridgehead atoms. The van der Waals surface area contributed by atoms with Gasteiger partial charge in [-0.05, 0) is 43.3 Å². The third-order valence-electron chi connectivity index (χ3n) is 3.22. The number of carbonyl (C=O) groups excluding carboxylic acids is 3. The fraction of sp³-hybridized carbons (Fsp3) is 0.111. The number of nitrogens with one attached hydrogen (secondary N) is 2. The summed E-state index contributed by atoms with van der Waals surface area (Å²) in [5.74, 6) is -1.77. The predicted octanol–water partition coefficient (Wildman–Crippen LogP) is 2.53. The van der Waals surface area contributed by atoms with Crippen molar-refractivity contribution in [3.63, 3.8) is 0 Å². The number of amides is 2. The highest BCUT2D eigenvalue weighted by Gasteiger charge is 2.15. The highest BCUT2D eigenvalue weighted by Crippen LogP contribution is 2.19. The molecule has 0 saturated carbocycles. The fourth-order valence-electron chi connectivity index (χ4n) is 1.92. The lowest BCUT2D eigenvalue weighted by Gasteiger charge is -2.07. The van der Waals surface area contributed by atoms with E-state index in [1.165, 1.54) is 11.8 Å². The molecule has 0 radical (unpaired) electrons. The van der Waals surface area contributed by atoms with Crippen molar-refractivity contribution in [2.24, 2.45) is 0 Å². The molecule has 2 rings (SSSR count). The smallest absolute Gasteiger partial charge is 0.333 e. The first kappa shape index (κ1) is 19.1. The van der Waals surface area contributed by atoms with Crippen LogP contribution >= 0.6 is 11.8 Å². The van der Waals surface area contributed by atoms with E-state index in [1.807, 2.05) is 31.2 Å². The summed E-state index contributed by atoms with van der Waals surface area (Å²) in [6.07, 6.45) is 0.510. The van der Waals surface area contributed by atoms with Gasteiger partial charge in [0.25, 0.3) is 0 Å². The standard InChI is InChI=1S/C18H16N4O3S/c1-12-2-8-15(9-3-12)26-11-17(24)21-13-4-6-14(7-5-13)22-18(25)16(23)10-20-19/h2-10H,11H2,1H3,(H,21,24)(H,22,25). The first-order valence-electron chi connectivity index (χ1n) is 7.60. The topological polar surface area (TPSA) is 112 Å². The van der Waals surface area contributed by atoms with E-state index in [0.717, 1.165) is 10.5 Å². The van der Waals surface area contributed by atoms with E-state index in [-0.39, 0.29) is 11.7 Å². The van der Waals surface area contributed by atoms with E-state index < -0.39 is 11.7 Å². The molecule has 132 valence electrons. The lowest BCUT2D eigenvalue weighted by Crippen LogP contribution is -2.23. The monoisotopic (exact) mass is 368 g/mol. The maximum atomic E-state index is 12.0. The van der Waals surface area contributed by atoms with Crippen molar-refractivity contribution >= 4 is 46.9 Å².